The molecule has 0 aliphatic carbocycles. The van der Waals surface area contributed by atoms with Gasteiger partial charge in [0.15, 0.2) is 5.16 Å². The van der Waals surface area contributed by atoms with Gasteiger partial charge in [-0.3, -0.25) is 9.36 Å². The van der Waals surface area contributed by atoms with Crippen LogP contribution in [0.5, 0.6) is 0 Å². The lowest BCUT2D eigenvalue weighted by atomic mass is 10.2. The molecule has 28 heavy (non-hydrogen) atoms. The van der Waals surface area contributed by atoms with Crippen molar-refractivity contribution >= 4 is 33.3 Å². The zero-order valence-corrected chi connectivity index (χ0v) is 17.9. The molecular formula is C21H21N3O2S2. The summed E-state index contributed by atoms with van der Waals surface area (Å²) in [5.41, 5.74) is 2.84. The molecule has 5 nitrogen and oxygen atoms in total. The normalized spacial score (nSPS) is 11.6. The monoisotopic (exact) mass is 411 g/mol. The fraction of sp³-hybridized carbons (Fsp3) is 0.286. The van der Waals surface area contributed by atoms with Crippen LogP contribution in [0.25, 0.3) is 21.7 Å². The highest BCUT2D eigenvalue weighted by Gasteiger charge is 2.19. The first kappa shape index (κ1) is 19.0. The second kappa shape index (κ2) is 7.56. The van der Waals surface area contributed by atoms with Crippen molar-refractivity contribution in [2.75, 3.05) is 0 Å². The van der Waals surface area contributed by atoms with Crippen LogP contribution in [0.4, 0.5) is 0 Å². The predicted molar refractivity (Wildman–Crippen MR) is 115 cm³/mol. The summed E-state index contributed by atoms with van der Waals surface area (Å²) in [6, 6.07) is 9.85. The standard InChI is InChI=1S/C21H21N3O2S2/c1-12(2)24-20(25)17-13(3)14(4)28-19(17)23-21(24)27-11-16-10-26-18(22-16)15-8-6-5-7-9-15/h5-10,12H,11H2,1-4H3. The van der Waals surface area contributed by atoms with Crippen molar-refractivity contribution in [1.29, 1.82) is 0 Å². The number of aryl methyl sites for hydroxylation is 2. The summed E-state index contributed by atoms with van der Waals surface area (Å²) in [4.78, 5) is 24.4. The predicted octanol–water partition coefficient (Wildman–Crippen LogP) is 5.60. The summed E-state index contributed by atoms with van der Waals surface area (Å²) in [5.74, 6) is 1.19. The molecule has 0 spiro atoms. The quantitative estimate of drug-likeness (QED) is 0.316. The zero-order chi connectivity index (χ0) is 19.8. The first-order valence-corrected chi connectivity index (χ1v) is 10.9. The third kappa shape index (κ3) is 3.40. The van der Waals surface area contributed by atoms with E-state index >= 15 is 0 Å². The molecule has 0 aliphatic rings. The van der Waals surface area contributed by atoms with E-state index in [1.54, 1.807) is 22.2 Å². The van der Waals surface area contributed by atoms with Crippen LogP contribution >= 0.6 is 23.1 Å². The maximum absolute atomic E-state index is 13.1. The van der Waals surface area contributed by atoms with Gasteiger partial charge in [-0.15, -0.1) is 11.3 Å². The molecule has 3 aromatic heterocycles. The molecule has 0 atom stereocenters. The van der Waals surface area contributed by atoms with Crippen molar-refractivity contribution < 1.29 is 4.42 Å². The Morgan fingerprint density at radius 3 is 2.64 bits per heavy atom. The van der Waals surface area contributed by atoms with Gasteiger partial charge in [0.25, 0.3) is 5.56 Å². The maximum atomic E-state index is 13.1. The van der Waals surface area contributed by atoms with E-state index < -0.39 is 0 Å². The second-order valence-corrected chi connectivity index (χ2v) is 9.07. The van der Waals surface area contributed by atoms with Crippen molar-refractivity contribution in [2.24, 2.45) is 0 Å². The van der Waals surface area contributed by atoms with Crippen LogP contribution in [0, 0.1) is 13.8 Å². The molecule has 0 radical (unpaired) electrons. The number of benzene rings is 1. The molecular weight excluding hydrogens is 390 g/mol. The van der Waals surface area contributed by atoms with Crippen LogP contribution in [-0.2, 0) is 5.75 Å². The lowest BCUT2D eigenvalue weighted by Crippen LogP contribution is -2.24. The van der Waals surface area contributed by atoms with Crippen LogP contribution in [0.15, 0.2) is 51.0 Å². The first-order valence-electron chi connectivity index (χ1n) is 9.10. The molecule has 0 N–H and O–H groups in total. The Bertz CT molecular complexity index is 1190. The smallest absolute Gasteiger partial charge is 0.263 e. The number of thiophene rings is 1. The molecule has 0 fully saturated rings. The van der Waals surface area contributed by atoms with E-state index in [0.717, 1.165) is 37.1 Å². The molecule has 144 valence electrons. The maximum Gasteiger partial charge on any atom is 0.263 e. The number of hydrogen-bond donors (Lipinski definition) is 0. The van der Waals surface area contributed by atoms with Crippen molar-refractivity contribution in [3.63, 3.8) is 0 Å². The fourth-order valence-corrected chi connectivity index (χ4v) is 5.15. The third-order valence-corrected chi connectivity index (χ3v) is 6.73. The number of fused-ring (bicyclic) bond motifs is 1. The number of nitrogens with zero attached hydrogens (tertiary/aromatic N) is 3. The Morgan fingerprint density at radius 2 is 1.93 bits per heavy atom. The molecule has 0 saturated carbocycles. The number of thioether (sulfide) groups is 1. The van der Waals surface area contributed by atoms with Gasteiger partial charge in [-0.1, -0.05) is 30.0 Å². The van der Waals surface area contributed by atoms with Gasteiger partial charge in [0.1, 0.15) is 11.1 Å². The summed E-state index contributed by atoms with van der Waals surface area (Å²) >= 11 is 3.10. The lowest BCUT2D eigenvalue weighted by Gasteiger charge is -2.14. The topological polar surface area (TPSA) is 60.9 Å². The van der Waals surface area contributed by atoms with Crippen molar-refractivity contribution in [3.8, 4) is 11.5 Å². The molecule has 4 rings (SSSR count). The summed E-state index contributed by atoms with van der Waals surface area (Å²) in [6.45, 7) is 8.05. The first-order chi connectivity index (χ1) is 13.5. The molecule has 7 heteroatoms. The molecule has 4 aromatic rings. The van der Waals surface area contributed by atoms with Gasteiger partial charge in [-0.2, -0.15) is 0 Å². The highest BCUT2D eigenvalue weighted by atomic mass is 32.2. The number of rotatable bonds is 5. The third-order valence-electron chi connectivity index (χ3n) is 4.64. The Balaban J connectivity index is 1.66. The van der Waals surface area contributed by atoms with E-state index in [0.29, 0.717) is 11.6 Å². The van der Waals surface area contributed by atoms with Gasteiger partial charge < -0.3 is 4.42 Å². The summed E-state index contributed by atoms with van der Waals surface area (Å²) in [7, 11) is 0. The van der Waals surface area contributed by atoms with Crippen molar-refractivity contribution in [2.45, 2.75) is 44.6 Å². The van der Waals surface area contributed by atoms with Crippen LogP contribution in [0.1, 0.15) is 36.0 Å². The Morgan fingerprint density at radius 1 is 1.18 bits per heavy atom. The van der Waals surface area contributed by atoms with E-state index in [1.165, 1.54) is 11.8 Å². The van der Waals surface area contributed by atoms with Gasteiger partial charge in [0.05, 0.1) is 11.1 Å². The summed E-state index contributed by atoms with van der Waals surface area (Å²) in [5, 5.41) is 1.46. The molecule has 3 heterocycles. The van der Waals surface area contributed by atoms with Crippen LogP contribution in [-0.4, -0.2) is 14.5 Å². The van der Waals surface area contributed by atoms with Gasteiger partial charge in [0, 0.05) is 22.2 Å². The average molecular weight is 412 g/mol. The van der Waals surface area contributed by atoms with Crippen LogP contribution < -0.4 is 5.56 Å². The van der Waals surface area contributed by atoms with Crippen molar-refractivity contribution in [1.82, 2.24) is 14.5 Å². The fourth-order valence-electron chi connectivity index (χ4n) is 3.07. The molecule has 0 aliphatic heterocycles. The Hall–Kier alpha value is -2.38. The van der Waals surface area contributed by atoms with Gasteiger partial charge in [-0.05, 0) is 45.4 Å². The lowest BCUT2D eigenvalue weighted by molar-refractivity contribution is 0.519. The van der Waals surface area contributed by atoms with Gasteiger partial charge >= 0.3 is 0 Å². The molecule has 0 unspecified atom stereocenters. The number of hydrogen-bond acceptors (Lipinski definition) is 6. The molecule has 0 bridgehead atoms. The van der Waals surface area contributed by atoms with Crippen molar-refractivity contribution in [3.05, 3.63) is 63.1 Å². The summed E-state index contributed by atoms with van der Waals surface area (Å²) < 4.78 is 7.40. The average Bonchev–Trinajstić information content (AvgIpc) is 3.25. The highest BCUT2D eigenvalue weighted by molar-refractivity contribution is 7.98. The molecule has 0 saturated heterocycles. The minimum Gasteiger partial charge on any atom is -0.444 e. The molecule has 0 amide bonds. The van der Waals surface area contributed by atoms with Crippen LogP contribution in [0.2, 0.25) is 0 Å². The highest BCUT2D eigenvalue weighted by Crippen LogP contribution is 2.31. The number of oxazole rings is 1. The van der Waals surface area contributed by atoms with Gasteiger partial charge in [-0.25, -0.2) is 9.97 Å². The minimum atomic E-state index is 0.0312. The Kier molecular flexibility index (Phi) is 5.12. The Labute approximate surface area is 171 Å². The second-order valence-electron chi connectivity index (χ2n) is 6.93. The van der Waals surface area contributed by atoms with E-state index in [9.17, 15) is 4.79 Å². The largest absolute Gasteiger partial charge is 0.444 e. The zero-order valence-electron chi connectivity index (χ0n) is 16.2. The van der Waals surface area contributed by atoms with E-state index in [-0.39, 0.29) is 11.6 Å². The SMILES string of the molecule is Cc1sc2nc(SCc3coc(-c4ccccc4)n3)n(C(C)C)c(=O)c2c1C. The van der Waals surface area contributed by atoms with E-state index in [2.05, 4.69) is 4.98 Å². The van der Waals surface area contributed by atoms with Crippen LogP contribution in [0.3, 0.4) is 0 Å². The van der Waals surface area contributed by atoms with Gasteiger partial charge in [0.2, 0.25) is 5.89 Å². The molecule has 1 aromatic carbocycles. The number of aromatic nitrogens is 3. The van der Waals surface area contributed by atoms with E-state index in [1.807, 2.05) is 58.0 Å². The minimum absolute atomic E-state index is 0.0312. The van der Waals surface area contributed by atoms with E-state index in [4.69, 9.17) is 9.40 Å². The summed E-state index contributed by atoms with van der Waals surface area (Å²) in [6.07, 6.45) is 1.67.